The van der Waals surface area contributed by atoms with Crippen LogP contribution in [0.25, 0.3) is 0 Å². The summed E-state index contributed by atoms with van der Waals surface area (Å²) >= 11 is 4.68. The van der Waals surface area contributed by atoms with Gasteiger partial charge in [-0.15, -0.1) is 0 Å². The highest BCUT2D eigenvalue weighted by Crippen LogP contribution is 2.27. The number of nitrogens with two attached hydrogens (primary N) is 1. The van der Waals surface area contributed by atoms with Crippen LogP contribution in [0.1, 0.15) is 11.1 Å². The summed E-state index contributed by atoms with van der Waals surface area (Å²) in [5, 5.41) is 4.03. The van der Waals surface area contributed by atoms with E-state index in [2.05, 4.69) is 34.9 Å². The zero-order valence-electron chi connectivity index (χ0n) is 12.9. The van der Waals surface area contributed by atoms with Gasteiger partial charge in [0.2, 0.25) is 0 Å². The highest BCUT2D eigenvalue weighted by Gasteiger charge is 2.05. The van der Waals surface area contributed by atoms with Crippen LogP contribution in [0, 0.1) is 0 Å². The summed E-state index contributed by atoms with van der Waals surface area (Å²) in [4.78, 5) is 0. The van der Waals surface area contributed by atoms with E-state index in [1.54, 1.807) is 13.3 Å². The molecule has 0 aromatic heterocycles. The van der Waals surface area contributed by atoms with Gasteiger partial charge in [0.05, 0.1) is 19.9 Å². The Labute approximate surface area is 141 Å². The largest absolute Gasteiger partial charge is 0.493 e. The average molecular weight is 329 g/mol. The van der Waals surface area contributed by atoms with E-state index in [1.165, 1.54) is 5.56 Å². The molecule has 0 radical (unpaired) electrons. The molecule has 23 heavy (non-hydrogen) atoms. The number of benzene rings is 2. The van der Waals surface area contributed by atoms with Crippen LogP contribution in [0.5, 0.6) is 11.5 Å². The van der Waals surface area contributed by atoms with Crippen LogP contribution in [-0.2, 0) is 6.42 Å². The SMILES string of the molecule is COc1cc(C=NNC(N)=S)ccc1OCCc1ccccc1. The van der Waals surface area contributed by atoms with Crippen molar-refractivity contribution in [3.05, 3.63) is 59.7 Å². The molecule has 0 aliphatic heterocycles. The second-order valence-corrected chi connectivity index (χ2v) is 5.17. The highest BCUT2D eigenvalue weighted by molar-refractivity contribution is 7.80. The van der Waals surface area contributed by atoms with Crippen molar-refractivity contribution in [2.75, 3.05) is 13.7 Å². The van der Waals surface area contributed by atoms with Crippen LogP contribution in [0.3, 0.4) is 0 Å². The molecule has 2 aromatic rings. The second-order valence-electron chi connectivity index (χ2n) is 4.73. The van der Waals surface area contributed by atoms with Crippen molar-refractivity contribution in [3.63, 3.8) is 0 Å². The van der Waals surface area contributed by atoms with Crippen molar-refractivity contribution in [2.45, 2.75) is 6.42 Å². The van der Waals surface area contributed by atoms with E-state index in [9.17, 15) is 0 Å². The fourth-order valence-electron chi connectivity index (χ4n) is 1.98. The molecule has 2 rings (SSSR count). The predicted molar refractivity (Wildman–Crippen MR) is 96.2 cm³/mol. The lowest BCUT2D eigenvalue weighted by molar-refractivity contribution is 0.297. The molecule has 120 valence electrons. The number of ether oxygens (including phenoxy) is 2. The van der Waals surface area contributed by atoms with Gasteiger partial charge in [0.25, 0.3) is 0 Å². The number of rotatable bonds is 7. The molecule has 6 heteroatoms. The van der Waals surface area contributed by atoms with Gasteiger partial charge in [0.1, 0.15) is 0 Å². The molecule has 0 saturated carbocycles. The van der Waals surface area contributed by atoms with Crippen molar-refractivity contribution in [3.8, 4) is 11.5 Å². The monoisotopic (exact) mass is 329 g/mol. The first-order valence-corrected chi connectivity index (χ1v) is 7.53. The van der Waals surface area contributed by atoms with Gasteiger partial charge in [0.15, 0.2) is 16.6 Å². The highest BCUT2D eigenvalue weighted by atomic mass is 32.1. The van der Waals surface area contributed by atoms with E-state index in [-0.39, 0.29) is 5.11 Å². The van der Waals surface area contributed by atoms with Crippen LogP contribution in [-0.4, -0.2) is 25.0 Å². The predicted octanol–water partition coefficient (Wildman–Crippen LogP) is 2.48. The molecule has 0 bridgehead atoms. The van der Waals surface area contributed by atoms with Crippen LogP contribution in [0.2, 0.25) is 0 Å². The Morgan fingerprint density at radius 3 is 2.70 bits per heavy atom. The van der Waals surface area contributed by atoms with Gasteiger partial charge in [-0.05, 0) is 41.5 Å². The normalized spacial score (nSPS) is 10.5. The van der Waals surface area contributed by atoms with E-state index in [0.717, 1.165) is 12.0 Å². The number of hydrogen-bond acceptors (Lipinski definition) is 4. The number of hydrazone groups is 1. The maximum atomic E-state index is 5.80. The molecule has 0 atom stereocenters. The molecule has 0 saturated heterocycles. The molecule has 0 unspecified atom stereocenters. The Kier molecular flexibility index (Phi) is 6.38. The van der Waals surface area contributed by atoms with Crippen molar-refractivity contribution < 1.29 is 9.47 Å². The van der Waals surface area contributed by atoms with Gasteiger partial charge >= 0.3 is 0 Å². The summed E-state index contributed by atoms with van der Waals surface area (Å²) in [7, 11) is 1.60. The van der Waals surface area contributed by atoms with Crippen molar-refractivity contribution in [2.24, 2.45) is 10.8 Å². The van der Waals surface area contributed by atoms with Crippen LogP contribution in [0.15, 0.2) is 53.6 Å². The molecule has 2 aromatic carbocycles. The van der Waals surface area contributed by atoms with Crippen molar-refractivity contribution >= 4 is 23.5 Å². The van der Waals surface area contributed by atoms with Crippen molar-refractivity contribution in [1.82, 2.24) is 5.43 Å². The number of methoxy groups -OCH3 is 1. The number of hydrogen-bond donors (Lipinski definition) is 2. The average Bonchev–Trinajstić information content (AvgIpc) is 2.56. The minimum absolute atomic E-state index is 0.120. The molecule has 0 heterocycles. The maximum Gasteiger partial charge on any atom is 0.184 e. The molecule has 0 amide bonds. The Balaban J connectivity index is 1.96. The van der Waals surface area contributed by atoms with Gasteiger partial charge in [-0.2, -0.15) is 5.10 Å². The van der Waals surface area contributed by atoms with Gasteiger partial charge in [-0.3, -0.25) is 5.43 Å². The van der Waals surface area contributed by atoms with E-state index >= 15 is 0 Å². The fraction of sp³-hybridized carbons (Fsp3) is 0.176. The topological polar surface area (TPSA) is 68.9 Å². The van der Waals surface area contributed by atoms with Gasteiger partial charge in [-0.1, -0.05) is 30.3 Å². The summed E-state index contributed by atoms with van der Waals surface area (Å²) in [5.41, 5.74) is 9.89. The lowest BCUT2D eigenvalue weighted by Crippen LogP contribution is -2.23. The molecular weight excluding hydrogens is 310 g/mol. The zero-order chi connectivity index (χ0) is 16.5. The number of nitrogens with zero attached hydrogens (tertiary/aromatic N) is 1. The molecule has 0 spiro atoms. The smallest absolute Gasteiger partial charge is 0.184 e. The molecule has 0 fully saturated rings. The van der Waals surface area contributed by atoms with Crippen molar-refractivity contribution in [1.29, 1.82) is 0 Å². The summed E-state index contributed by atoms with van der Waals surface area (Å²) in [6.07, 6.45) is 2.44. The Morgan fingerprint density at radius 1 is 1.22 bits per heavy atom. The standard InChI is InChI=1S/C17H19N3O2S/c1-21-16-11-14(12-19-20-17(18)23)7-8-15(16)22-10-9-13-5-3-2-4-6-13/h2-8,11-12H,9-10H2,1H3,(H3,18,20,23). The zero-order valence-corrected chi connectivity index (χ0v) is 13.7. The Bertz CT molecular complexity index is 675. The lowest BCUT2D eigenvalue weighted by atomic mass is 10.2. The lowest BCUT2D eigenvalue weighted by Gasteiger charge is -2.11. The van der Waals surface area contributed by atoms with E-state index in [4.69, 9.17) is 15.2 Å². The van der Waals surface area contributed by atoms with Gasteiger partial charge in [-0.25, -0.2) is 0 Å². The summed E-state index contributed by atoms with van der Waals surface area (Å²) < 4.78 is 11.2. The Morgan fingerprint density at radius 2 is 2.00 bits per heavy atom. The number of nitrogens with one attached hydrogen (secondary N) is 1. The van der Waals surface area contributed by atoms with Crippen LogP contribution < -0.4 is 20.6 Å². The van der Waals surface area contributed by atoms with E-state index in [0.29, 0.717) is 18.1 Å². The van der Waals surface area contributed by atoms with Gasteiger partial charge in [0, 0.05) is 6.42 Å². The molecule has 0 aliphatic rings. The summed E-state index contributed by atoms with van der Waals surface area (Å²) in [6, 6.07) is 15.8. The molecule has 3 N–H and O–H groups in total. The van der Waals surface area contributed by atoms with Gasteiger partial charge < -0.3 is 15.2 Å². The second kappa shape index (κ2) is 8.75. The quantitative estimate of drug-likeness (QED) is 0.464. The maximum absolute atomic E-state index is 5.80. The van der Waals surface area contributed by atoms with Crippen LogP contribution in [0.4, 0.5) is 0 Å². The molecular formula is C17H19N3O2S. The molecule has 5 nitrogen and oxygen atoms in total. The fourth-order valence-corrected chi connectivity index (χ4v) is 2.03. The minimum Gasteiger partial charge on any atom is -0.493 e. The first-order chi connectivity index (χ1) is 11.2. The molecule has 0 aliphatic carbocycles. The van der Waals surface area contributed by atoms with E-state index < -0.39 is 0 Å². The third-order valence-electron chi connectivity index (χ3n) is 3.07. The number of thiocarbonyl (C=S) groups is 1. The van der Waals surface area contributed by atoms with Crippen LogP contribution >= 0.6 is 12.2 Å². The van der Waals surface area contributed by atoms with E-state index in [1.807, 2.05) is 36.4 Å². The first-order valence-electron chi connectivity index (χ1n) is 7.12. The minimum atomic E-state index is 0.120. The summed E-state index contributed by atoms with van der Waals surface area (Å²) in [6.45, 7) is 0.580. The third-order valence-corrected chi connectivity index (χ3v) is 3.16. The third kappa shape index (κ3) is 5.60. The summed E-state index contributed by atoms with van der Waals surface area (Å²) in [5.74, 6) is 1.35. The first kappa shape index (κ1) is 16.8. The Hall–Kier alpha value is -2.60.